The summed E-state index contributed by atoms with van der Waals surface area (Å²) in [6.45, 7) is 10.9. The molecule has 112 valence electrons. The molecule has 1 heterocycles. The number of aromatic nitrogens is 2. The van der Waals surface area contributed by atoms with Gasteiger partial charge >= 0.3 is 0 Å². The Morgan fingerprint density at radius 2 is 1.67 bits per heavy atom. The first-order chi connectivity index (χ1) is 9.90. The molecular formula is C18H25N3. The second-order valence-corrected chi connectivity index (χ2v) is 6.19. The molecule has 0 saturated heterocycles. The number of hydrogen-bond acceptors (Lipinski definition) is 2. The standard InChI is InChI=1S/C18H25N3/c1-12(2)16-8-7-9-17(13(3)4)18(16)19-11-15-10-14(5)21(6)20-15/h7-13H,1-6H3. The quantitative estimate of drug-likeness (QED) is 0.746. The van der Waals surface area contributed by atoms with Crippen molar-refractivity contribution in [2.75, 3.05) is 0 Å². The van der Waals surface area contributed by atoms with Crippen molar-refractivity contribution in [3.63, 3.8) is 0 Å². The maximum absolute atomic E-state index is 4.77. The first-order valence-corrected chi connectivity index (χ1v) is 7.57. The molecule has 0 atom stereocenters. The van der Waals surface area contributed by atoms with E-state index in [1.54, 1.807) is 0 Å². The van der Waals surface area contributed by atoms with Crippen LogP contribution in [0.5, 0.6) is 0 Å². The van der Waals surface area contributed by atoms with Crippen LogP contribution in [0, 0.1) is 6.92 Å². The van der Waals surface area contributed by atoms with Gasteiger partial charge in [0, 0.05) is 12.7 Å². The molecule has 0 bridgehead atoms. The van der Waals surface area contributed by atoms with Crippen LogP contribution in [-0.4, -0.2) is 16.0 Å². The molecule has 0 N–H and O–H groups in total. The second-order valence-electron chi connectivity index (χ2n) is 6.19. The van der Waals surface area contributed by atoms with Gasteiger partial charge in [0.25, 0.3) is 0 Å². The molecule has 3 heteroatoms. The molecule has 0 unspecified atom stereocenters. The largest absolute Gasteiger partial charge is 0.272 e. The minimum Gasteiger partial charge on any atom is -0.272 e. The van der Waals surface area contributed by atoms with Crippen molar-refractivity contribution in [3.8, 4) is 0 Å². The molecule has 0 aliphatic carbocycles. The monoisotopic (exact) mass is 283 g/mol. The molecule has 2 rings (SSSR count). The Morgan fingerprint density at radius 3 is 2.10 bits per heavy atom. The number of para-hydroxylation sites is 1. The van der Waals surface area contributed by atoms with E-state index in [0.29, 0.717) is 11.8 Å². The van der Waals surface area contributed by atoms with Crippen molar-refractivity contribution in [2.45, 2.75) is 46.5 Å². The van der Waals surface area contributed by atoms with Gasteiger partial charge in [-0.05, 0) is 36.0 Å². The van der Waals surface area contributed by atoms with Crippen molar-refractivity contribution < 1.29 is 0 Å². The van der Waals surface area contributed by atoms with Crippen LogP contribution in [0.15, 0.2) is 29.3 Å². The summed E-state index contributed by atoms with van der Waals surface area (Å²) in [6, 6.07) is 8.53. The van der Waals surface area contributed by atoms with Crippen LogP contribution in [0.4, 0.5) is 5.69 Å². The number of hydrogen-bond donors (Lipinski definition) is 0. The molecule has 0 fully saturated rings. The van der Waals surface area contributed by atoms with Gasteiger partial charge in [-0.25, -0.2) is 0 Å². The predicted molar refractivity (Wildman–Crippen MR) is 89.8 cm³/mol. The van der Waals surface area contributed by atoms with Crippen molar-refractivity contribution in [1.29, 1.82) is 0 Å². The summed E-state index contributed by atoms with van der Waals surface area (Å²) in [4.78, 5) is 4.77. The number of benzene rings is 1. The van der Waals surface area contributed by atoms with Gasteiger partial charge in [-0.1, -0.05) is 45.9 Å². The van der Waals surface area contributed by atoms with Crippen LogP contribution in [0.25, 0.3) is 0 Å². The fourth-order valence-corrected chi connectivity index (χ4v) is 2.44. The van der Waals surface area contributed by atoms with Gasteiger partial charge in [0.05, 0.1) is 11.9 Å². The molecule has 0 aliphatic rings. The van der Waals surface area contributed by atoms with Crippen LogP contribution in [0.2, 0.25) is 0 Å². The summed E-state index contributed by atoms with van der Waals surface area (Å²) >= 11 is 0. The smallest absolute Gasteiger partial charge is 0.104 e. The average Bonchev–Trinajstić information content (AvgIpc) is 2.74. The molecule has 0 amide bonds. The van der Waals surface area contributed by atoms with Gasteiger partial charge in [0.1, 0.15) is 5.69 Å². The molecular weight excluding hydrogens is 258 g/mol. The third-order valence-corrected chi connectivity index (χ3v) is 3.80. The third-order valence-electron chi connectivity index (χ3n) is 3.80. The normalized spacial score (nSPS) is 12.0. The van der Waals surface area contributed by atoms with Crippen LogP contribution in [0.3, 0.4) is 0 Å². The molecule has 0 spiro atoms. The average molecular weight is 283 g/mol. The lowest BCUT2D eigenvalue weighted by atomic mass is 9.93. The lowest BCUT2D eigenvalue weighted by molar-refractivity contribution is 0.738. The number of aliphatic imine (C=N–C) groups is 1. The Balaban J connectivity index is 2.46. The molecule has 0 saturated carbocycles. The van der Waals surface area contributed by atoms with E-state index in [1.807, 2.05) is 24.9 Å². The molecule has 0 aliphatic heterocycles. The van der Waals surface area contributed by atoms with Crippen molar-refractivity contribution in [3.05, 3.63) is 46.8 Å². The van der Waals surface area contributed by atoms with Crippen molar-refractivity contribution in [2.24, 2.45) is 12.0 Å². The molecule has 3 nitrogen and oxygen atoms in total. The number of nitrogens with zero attached hydrogens (tertiary/aromatic N) is 3. The summed E-state index contributed by atoms with van der Waals surface area (Å²) in [7, 11) is 1.95. The fourth-order valence-electron chi connectivity index (χ4n) is 2.44. The van der Waals surface area contributed by atoms with Gasteiger partial charge in [0.2, 0.25) is 0 Å². The topological polar surface area (TPSA) is 30.2 Å². The summed E-state index contributed by atoms with van der Waals surface area (Å²) in [5, 5.41) is 4.44. The van der Waals surface area contributed by atoms with E-state index >= 15 is 0 Å². The summed E-state index contributed by atoms with van der Waals surface area (Å²) < 4.78 is 1.87. The first kappa shape index (κ1) is 15.5. The molecule has 2 aromatic rings. The highest BCUT2D eigenvalue weighted by Gasteiger charge is 2.12. The van der Waals surface area contributed by atoms with E-state index < -0.39 is 0 Å². The zero-order valence-corrected chi connectivity index (χ0v) is 13.9. The number of rotatable bonds is 4. The zero-order valence-electron chi connectivity index (χ0n) is 13.9. The Kier molecular flexibility index (Phi) is 4.61. The van der Waals surface area contributed by atoms with Crippen LogP contribution in [0.1, 0.15) is 62.0 Å². The second kappa shape index (κ2) is 6.25. The highest BCUT2D eigenvalue weighted by Crippen LogP contribution is 2.34. The minimum atomic E-state index is 0.460. The van der Waals surface area contributed by atoms with Crippen molar-refractivity contribution >= 4 is 11.9 Å². The molecule has 1 aromatic heterocycles. The van der Waals surface area contributed by atoms with Crippen LogP contribution >= 0.6 is 0 Å². The Hall–Kier alpha value is -1.90. The van der Waals surface area contributed by atoms with Crippen molar-refractivity contribution in [1.82, 2.24) is 9.78 Å². The van der Waals surface area contributed by atoms with E-state index in [-0.39, 0.29) is 0 Å². The number of aryl methyl sites for hydroxylation is 2. The summed E-state index contributed by atoms with van der Waals surface area (Å²) in [5.74, 6) is 0.919. The highest BCUT2D eigenvalue weighted by molar-refractivity contribution is 5.81. The molecule has 21 heavy (non-hydrogen) atoms. The van der Waals surface area contributed by atoms with Gasteiger partial charge in [-0.2, -0.15) is 5.10 Å². The Bertz CT molecular complexity index is 603. The lowest BCUT2D eigenvalue weighted by Gasteiger charge is -2.16. The van der Waals surface area contributed by atoms with E-state index in [4.69, 9.17) is 4.99 Å². The SMILES string of the molecule is Cc1cc(C=Nc2c(C(C)C)cccc2C(C)C)nn1C. The van der Waals surface area contributed by atoms with Gasteiger partial charge < -0.3 is 0 Å². The van der Waals surface area contributed by atoms with Crippen LogP contribution < -0.4 is 0 Å². The zero-order chi connectivity index (χ0) is 15.6. The maximum atomic E-state index is 4.77. The van der Waals surface area contributed by atoms with Gasteiger partial charge in [-0.15, -0.1) is 0 Å². The Labute approximate surface area is 127 Å². The van der Waals surface area contributed by atoms with E-state index in [9.17, 15) is 0 Å². The van der Waals surface area contributed by atoms with Gasteiger partial charge in [-0.3, -0.25) is 9.67 Å². The van der Waals surface area contributed by atoms with E-state index in [0.717, 1.165) is 17.1 Å². The Morgan fingerprint density at radius 1 is 1.10 bits per heavy atom. The predicted octanol–water partition coefficient (Wildman–Crippen LogP) is 4.73. The molecule has 0 radical (unpaired) electrons. The minimum absolute atomic E-state index is 0.460. The summed E-state index contributed by atoms with van der Waals surface area (Å²) in [6.07, 6.45) is 1.88. The molecule has 1 aromatic carbocycles. The van der Waals surface area contributed by atoms with Crippen LogP contribution in [-0.2, 0) is 7.05 Å². The first-order valence-electron chi connectivity index (χ1n) is 7.57. The maximum Gasteiger partial charge on any atom is 0.104 e. The highest BCUT2D eigenvalue weighted by atomic mass is 15.3. The third kappa shape index (κ3) is 3.41. The lowest BCUT2D eigenvalue weighted by Crippen LogP contribution is -1.96. The van der Waals surface area contributed by atoms with E-state index in [2.05, 4.69) is 57.1 Å². The summed E-state index contributed by atoms with van der Waals surface area (Å²) in [5.41, 5.74) is 5.74. The fraction of sp³-hybridized carbons (Fsp3) is 0.444. The van der Waals surface area contributed by atoms with E-state index in [1.165, 1.54) is 11.1 Å². The van der Waals surface area contributed by atoms with Gasteiger partial charge in [0.15, 0.2) is 0 Å².